The predicted molar refractivity (Wildman–Crippen MR) is 139 cm³/mol. The van der Waals surface area contributed by atoms with E-state index in [1.54, 1.807) is 11.3 Å². The molecule has 7 nitrogen and oxygen atoms in total. The van der Waals surface area contributed by atoms with E-state index in [1.165, 1.54) is 5.56 Å². The van der Waals surface area contributed by atoms with Crippen LogP contribution in [0.2, 0.25) is 0 Å². The van der Waals surface area contributed by atoms with Crippen LogP contribution in [0, 0.1) is 6.92 Å². The number of aromatic nitrogens is 3. The van der Waals surface area contributed by atoms with Gasteiger partial charge >= 0.3 is 0 Å². The Morgan fingerprint density at radius 1 is 1.33 bits per heavy atom. The monoisotopic (exact) mass is 563 g/mol. The zero-order chi connectivity index (χ0) is 20.5. The van der Waals surface area contributed by atoms with Gasteiger partial charge < -0.3 is 15.2 Å². The normalized spacial score (nSPS) is 15.8. The summed E-state index contributed by atoms with van der Waals surface area (Å²) in [4.78, 5) is 7.34. The van der Waals surface area contributed by atoms with Crippen molar-refractivity contribution in [2.75, 3.05) is 31.6 Å². The van der Waals surface area contributed by atoms with Crippen LogP contribution in [-0.4, -0.2) is 63.3 Å². The Balaban J connectivity index is 0.00000320. The van der Waals surface area contributed by atoms with Crippen molar-refractivity contribution in [2.45, 2.75) is 45.3 Å². The number of aryl methyl sites for hydroxylation is 1. The Hall–Kier alpha value is -0.850. The minimum atomic E-state index is 0. The van der Waals surface area contributed by atoms with Gasteiger partial charge in [0.1, 0.15) is 12.4 Å². The summed E-state index contributed by atoms with van der Waals surface area (Å²) in [7, 11) is 1.99. The molecular formula is C20H34IN7S2. The van der Waals surface area contributed by atoms with Gasteiger partial charge in [-0.05, 0) is 60.6 Å². The number of nitrogens with one attached hydrogen (secondary N) is 2. The molecule has 2 aromatic heterocycles. The molecule has 0 bridgehead atoms. The van der Waals surface area contributed by atoms with Gasteiger partial charge in [0.25, 0.3) is 0 Å². The fourth-order valence-corrected chi connectivity index (χ4v) is 4.48. The Morgan fingerprint density at radius 3 is 2.77 bits per heavy atom. The SMILES string of the molecule is CSCCCNC(=NCc1nnc(C)n1C)NC1CCN(Cc2ccsc2)CC1.I. The molecule has 0 radical (unpaired) electrons. The van der Waals surface area contributed by atoms with E-state index < -0.39 is 0 Å². The van der Waals surface area contributed by atoms with E-state index in [-0.39, 0.29) is 24.0 Å². The summed E-state index contributed by atoms with van der Waals surface area (Å²) in [5.74, 6) is 3.85. The smallest absolute Gasteiger partial charge is 0.191 e. The minimum Gasteiger partial charge on any atom is -0.356 e. The number of nitrogens with zero attached hydrogens (tertiary/aromatic N) is 5. The molecule has 3 rings (SSSR count). The first-order chi connectivity index (χ1) is 14.2. The highest BCUT2D eigenvalue weighted by molar-refractivity contribution is 14.0. The third kappa shape index (κ3) is 8.01. The molecule has 3 heterocycles. The molecule has 0 saturated carbocycles. The molecule has 0 atom stereocenters. The van der Waals surface area contributed by atoms with Crippen molar-refractivity contribution in [1.82, 2.24) is 30.3 Å². The van der Waals surface area contributed by atoms with Gasteiger partial charge in [-0.15, -0.1) is 34.2 Å². The predicted octanol–water partition coefficient (Wildman–Crippen LogP) is 3.26. The van der Waals surface area contributed by atoms with E-state index in [0.717, 1.165) is 68.8 Å². The molecule has 0 spiro atoms. The lowest BCUT2D eigenvalue weighted by Gasteiger charge is -2.33. The second-order valence-corrected chi connectivity index (χ2v) is 9.25. The highest BCUT2D eigenvalue weighted by atomic mass is 127. The number of guanidine groups is 1. The number of rotatable bonds is 9. The summed E-state index contributed by atoms with van der Waals surface area (Å²) in [5.41, 5.74) is 1.43. The Labute approximate surface area is 205 Å². The summed E-state index contributed by atoms with van der Waals surface area (Å²) in [5, 5.41) is 19.9. The lowest BCUT2D eigenvalue weighted by Crippen LogP contribution is -2.48. The first-order valence-electron chi connectivity index (χ1n) is 10.3. The van der Waals surface area contributed by atoms with Gasteiger partial charge in [-0.2, -0.15) is 23.1 Å². The molecular weight excluding hydrogens is 529 g/mol. The highest BCUT2D eigenvalue weighted by Crippen LogP contribution is 2.15. The molecule has 0 unspecified atom stereocenters. The van der Waals surface area contributed by atoms with Crippen LogP contribution in [0.3, 0.4) is 0 Å². The van der Waals surface area contributed by atoms with E-state index in [0.29, 0.717) is 12.6 Å². The number of halogens is 1. The Morgan fingerprint density at radius 2 is 2.13 bits per heavy atom. The van der Waals surface area contributed by atoms with Gasteiger partial charge in [-0.25, -0.2) is 4.99 Å². The van der Waals surface area contributed by atoms with E-state index in [9.17, 15) is 0 Å². The van der Waals surface area contributed by atoms with Crippen LogP contribution in [0.25, 0.3) is 0 Å². The molecule has 1 aliphatic heterocycles. The number of thioether (sulfide) groups is 1. The summed E-state index contributed by atoms with van der Waals surface area (Å²) in [6.45, 7) is 6.73. The van der Waals surface area contributed by atoms with Gasteiger partial charge in [0.15, 0.2) is 11.8 Å². The number of thiophene rings is 1. The van der Waals surface area contributed by atoms with Crippen LogP contribution in [-0.2, 0) is 20.1 Å². The molecule has 0 amide bonds. The number of hydrogen-bond donors (Lipinski definition) is 2. The van der Waals surface area contributed by atoms with Crippen molar-refractivity contribution >= 4 is 53.0 Å². The van der Waals surface area contributed by atoms with Crippen molar-refractivity contribution < 1.29 is 0 Å². The zero-order valence-corrected chi connectivity index (χ0v) is 22.1. The molecule has 0 aliphatic carbocycles. The first-order valence-corrected chi connectivity index (χ1v) is 12.6. The highest BCUT2D eigenvalue weighted by Gasteiger charge is 2.20. The van der Waals surface area contributed by atoms with Crippen LogP contribution >= 0.6 is 47.1 Å². The number of likely N-dealkylation sites (tertiary alicyclic amines) is 1. The maximum Gasteiger partial charge on any atom is 0.191 e. The number of hydrogen-bond acceptors (Lipinski definition) is 6. The lowest BCUT2D eigenvalue weighted by atomic mass is 10.0. The van der Waals surface area contributed by atoms with Crippen molar-refractivity contribution in [2.24, 2.45) is 12.0 Å². The third-order valence-electron chi connectivity index (χ3n) is 5.29. The molecule has 30 heavy (non-hydrogen) atoms. The van der Waals surface area contributed by atoms with Gasteiger partial charge in [-0.3, -0.25) is 4.90 Å². The van der Waals surface area contributed by atoms with E-state index >= 15 is 0 Å². The molecule has 1 aliphatic rings. The third-order valence-corrected chi connectivity index (χ3v) is 6.72. The lowest BCUT2D eigenvalue weighted by molar-refractivity contribution is 0.198. The fraction of sp³-hybridized carbons (Fsp3) is 0.650. The molecule has 1 fully saturated rings. The van der Waals surface area contributed by atoms with Crippen molar-refractivity contribution in [3.63, 3.8) is 0 Å². The fourth-order valence-electron chi connectivity index (χ4n) is 3.38. The summed E-state index contributed by atoms with van der Waals surface area (Å²) < 4.78 is 2.00. The van der Waals surface area contributed by atoms with E-state index in [1.807, 2.05) is 30.3 Å². The molecule has 1 saturated heterocycles. The topological polar surface area (TPSA) is 70.4 Å². The Kier molecular flexibility index (Phi) is 11.5. The van der Waals surface area contributed by atoms with Gasteiger partial charge in [0.05, 0.1) is 0 Å². The number of aliphatic imine (C=N–C) groups is 1. The summed E-state index contributed by atoms with van der Waals surface area (Å²) >= 11 is 3.66. The van der Waals surface area contributed by atoms with Crippen LogP contribution < -0.4 is 10.6 Å². The van der Waals surface area contributed by atoms with E-state index in [4.69, 9.17) is 4.99 Å². The zero-order valence-electron chi connectivity index (χ0n) is 18.1. The maximum absolute atomic E-state index is 4.79. The van der Waals surface area contributed by atoms with Crippen LogP contribution in [0.4, 0.5) is 0 Å². The summed E-state index contributed by atoms with van der Waals surface area (Å²) in [6.07, 6.45) is 5.55. The van der Waals surface area contributed by atoms with Gasteiger partial charge in [-0.1, -0.05) is 0 Å². The largest absolute Gasteiger partial charge is 0.356 e. The van der Waals surface area contributed by atoms with Crippen LogP contribution in [0.1, 0.15) is 36.5 Å². The number of piperidine rings is 1. The molecule has 2 N–H and O–H groups in total. The van der Waals surface area contributed by atoms with Crippen molar-refractivity contribution in [3.05, 3.63) is 34.0 Å². The van der Waals surface area contributed by atoms with E-state index in [2.05, 4.69) is 48.8 Å². The van der Waals surface area contributed by atoms with Crippen LogP contribution in [0.5, 0.6) is 0 Å². The average molecular weight is 564 g/mol. The Bertz CT molecular complexity index is 755. The van der Waals surface area contributed by atoms with Crippen LogP contribution in [0.15, 0.2) is 21.8 Å². The van der Waals surface area contributed by atoms with Crippen molar-refractivity contribution in [3.8, 4) is 0 Å². The van der Waals surface area contributed by atoms with Gasteiger partial charge in [0.2, 0.25) is 0 Å². The molecule has 168 valence electrons. The first kappa shape index (κ1) is 25.4. The second-order valence-electron chi connectivity index (χ2n) is 7.49. The summed E-state index contributed by atoms with van der Waals surface area (Å²) in [6, 6.07) is 2.69. The molecule has 10 heteroatoms. The average Bonchev–Trinajstić information content (AvgIpc) is 3.35. The maximum atomic E-state index is 4.79. The second kappa shape index (κ2) is 13.5. The minimum absolute atomic E-state index is 0. The van der Waals surface area contributed by atoms with Crippen molar-refractivity contribution in [1.29, 1.82) is 0 Å². The van der Waals surface area contributed by atoms with Gasteiger partial charge in [0, 0.05) is 39.3 Å². The molecule has 0 aromatic carbocycles. The standard InChI is InChI=1S/C20H33N7S2.HI/c1-16-24-25-19(26(16)2)13-22-20(21-8-4-11-28-3)23-18-5-9-27(10-6-18)14-17-7-12-29-15-17;/h7,12,15,18H,4-6,8-11,13-14H2,1-3H3,(H2,21,22,23);1H. The quantitative estimate of drug-likeness (QED) is 0.211. The molecule has 2 aromatic rings.